The van der Waals surface area contributed by atoms with Crippen LogP contribution in [0.4, 0.5) is 0 Å². The van der Waals surface area contributed by atoms with Crippen LogP contribution in [0.5, 0.6) is 0 Å². The lowest BCUT2D eigenvalue weighted by Gasteiger charge is -2.24. The van der Waals surface area contributed by atoms with Crippen LogP contribution in [0.25, 0.3) is 0 Å². The van der Waals surface area contributed by atoms with Gasteiger partial charge in [0.05, 0.1) is 0 Å². The van der Waals surface area contributed by atoms with Gasteiger partial charge < -0.3 is 38.5 Å². The number of rotatable bonds is 28. The van der Waals surface area contributed by atoms with Crippen LogP contribution in [0.1, 0.15) is 124 Å². The van der Waals surface area contributed by atoms with Crippen LogP contribution in [-0.4, -0.2) is 74.4 Å². The zero-order chi connectivity index (χ0) is 27.7. The van der Waals surface area contributed by atoms with Gasteiger partial charge in [-0.05, 0) is 105 Å². The summed E-state index contributed by atoms with van der Waals surface area (Å²) >= 11 is 0. The molecule has 0 amide bonds. The summed E-state index contributed by atoms with van der Waals surface area (Å²) in [5, 5.41) is 7.49. The highest BCUT2D eigenvalue weighted by atomic mass is 15.1. The van der Waals surface area contributed by atoms with E-state index in [1.165, 1.54) is 77.2 Å². The second-order valence-corrected chi connectivity index (χ2v) is 12.1. The molecule has 0 heterocycles. The fourth-order valence-corrected chi connectivity index (χ4v) is 4.76. The topological polar surface area (TPSA) is 131 Å². The fourth-order valence-electron chi connectivity index (χ4n) is 4.76. The van der Waals surface area contributed by atoms with Crippen molar-refractivity contribution in [1.82, 2.24) is 15.5 Å². The van der Waals surface area contributed by atoms with E-state index in [-0.39, 0.29) is 12.1 Å². The standard InChI is InChI=1S/C30H69N7/c1-26(31)15-10-6-5-9-13-22-37(24-19-29(4)34)23-14-20-35-25-30(36-21-18-28(3)33)17-12-8-7-11-16-27(2)32/h26-30,35-36H,5-25,31-34H2,1-4H3. The van der Waals surface area contributed by atoms with Gasteiger partial charge >= 0.3 is 0 Å². The molecule has 5 unspecified atom stereocenters. The maximum absolute atomic E-state index is 6.05. The molecule has 0 spiro atoms. The molecule has 0 aliphatic heterocycles. The van der Waals surface area contributed by atoms with Crippen LogP contribution in [0.2, 0.25) is 0 Å². The number of nitrogens with two attached hydrogens (primary N) is 4. The van der Waals surface area contributed by atoms with Crippen LogP contribution in [0.15, 0.2) is 0 Å². The highest BCUT2D eigenvalue weighted by Crippen LogP contribution is 2.10. The lowest BCUT2D eigenvalue weighted by molar-refractivity contribution is 0.253. The molecule has 0 saturated carbocycles. The molecule has 7 nitrogen and oxygen atoms in total. The Labute approximate surface area is 232 Å². The minimum Gasteiger partial charge on any atom is -0.328 e. The van der Waals surface area contributed by atoms with Crippen molar-refractivity contribution in [2.75, 3.05) is 39.3 Å². The van der Waals surface area contributed by atoms with Crippen LogP contribution >= 0.6 is 0 Å². The Kier molecular flexibility index (Phi) is 25.8. The number of nitrogens with zero attached hydrogens (tertiary/aromatic N) is 1. The quantitative estimate of drug-likeness (QED) is 0.0845. The fraction of sp³-hybridized carbons (Fsp3) is 1.00. The molecule has 0 fully saturated rings. The molecule has 0 aliphatic rings. The molecular formula is C30H69N7. The van der Waals surface area contributed by atoms with Crippen molar-refractivity contribution in [3.63, 3.8) is 0 Å². The third-order valence-electron chi connectivity index (χ3n) is 7.25. The van der Waals surface area contributed by atoms with E-state index < -0.39 is 0 Å². The summed E-state index contributed by atoms with van der Waals surface area (Å²) in [5.74, 6) is 0. The summed E-state index contributed by atoms with van der Waals surface area (Å²) in [7, 11) is 0. The molecule has 7 heteroatoms. The van der Waals surface area contributed by atoms with Gasteiger partial charge in [0.25, 0.3) is 0 Å². The number of hydrogen-bond donors (Lipinski definition) is 6. The van der Waals surface area contributed by atoms with E-state index in [9.17, 15) is 0 Å². The van der Waals surface area contributed by atoms with E-state index in [1.54, 1.807) is 0 Å². The van der Waals surface area contributed by atoms with Gasteiger partial charge in [-0.25, -0.2) is 0 Å². The average molecular weight is 528 g/mol. The van der Waals surface area contributed by atoms with Crippen molar-refractivity contribution >= 4 is 0 Å². The molecular weight excluding hydrogens is 458 g/mol. The van der Waals surface area contributed by atoms with Crippen LogP contribution in [0, 0.1) is 0 Å². The summed E-state index contributed by atoms with van der Waals surface area (Å²) in [6, 6.07) is 1.75. The van der Waals surface area contributed by atoms with Crippen molar-refractivity contribution in [2.45, 2.75) is 154 Å². The van der Waals surface area contributed by atoms with Crippen LogP contribution < -0.4 is 33.6 Å². The first kappa shape index (κ1) is 36.7. The van der Waals surface area contributed by atoms with Gasteiger partial charge in [0.1, 0.15) is 0 Å². The van der Waals surface area contributed by atoms with Crippen molar-refractivity contribution in [1.29, 1.82) is 0 Å². The molecule has 0 saturated heterocycles. The molecule has 0 aromatic rings. The summed E-state index contributed by atoms with van der Waals surface area (Å²) < 4.78 is 0. The molecule has 10 N–H and O–H groups in total. The van der Waals surface area contributed by atoms with Crippen molar-refractivity contribution < 1.29 is 0 Å². The lowest BCUT2D eigenvalue weighted by Crippen LogP contribution is -2.41. The van der Waals surface area contributed by atoms with Gasteiger partial charge in [0.15, 0.2) is 0 Å². The van der Waals surface area contributed by atoms with Gasteiger partial charge in [0, 0.05) is 36.8 Å². The van der Waals surface area contributed by atoms with Crippen LogP contribution in [-0.2, 0) is 0 Å². The zero-order valence-corrected chi connectivity index (χ0v) is 25.5. The summed E-state index contributed by atoms with van der Waals surface area (Å²) in [6.07, 6.45) is 18.5. The molecule has 224 valence electrons. The molecule has 0 bridgehead atoms. The predicted octanol–water partition coefficient (Wildman–Crippen LogP) is 4.08. The molecule has 37 heavy (non-hydrogen) atoms. The van der Waals surface area contributed by atoms with E-state index in [1.807, 2.05) is 0 Å². The lowest BCUT2D eigenvalue weighted by atomic mass is 10.0. The van der Waals surface area contributed by atoms with Gasteiger partial charge in [-0.15, -0.1) is 0 Å². The minimum absolute atomic E-state index is 0.260. The Balaban J connectivity index is 4.21. The zero-order valence-electron chi connectivity index (χ0n) is 25.5. The monoisotopic (exact) mass is 528 g/mol. The first-order chi connectivity index (χ1) is 17.7. The summed E-state index contributed by atoms with van der Waals surface area (Å²) in [6.45, 7) is 15.0. The van der Waals surface area contributed by atoms with Gasteiger partial charge in [-0.1, -0.05) is 51.4 Å². The molecule has 0 aromatic carbocycles. The summed E-state index contributed by atoms with van der Waals surface area (Å²) in [4.78, 5) is 2.63. The Morgan fingerprint density at radius 1 is 0.486 bits per heavy atom. The number of nitrogens with one attached hydrogen (secondary N) is 2. The number of unbranched alkanes of at least 4 members (excludes halogenated alkanes) is 7. The molecule has 0 rings (SSSR count). The second-order valence-electron chi connectivity index (χ2n) is 12.1. The Morgan fingerprint density at radius 2 is 0.973 bits per heavy atom. The molecule has 0 aliphatic carbocycles. The second kappa shape index (κ2) is 26.0. The first-order valence-corrected chi connectivity index (χ1v) is 15.9. The third-order valence-corrected chi connectivity index (χ3v) is 7.25. The Hall–Kier alpha value is -0.280. The Morgan fingerprint density at radius 3 is 1.54 bits per heavy atom. The van der Waals surface area contributed by atoms with Gasteiger partial charge in [-0.2, -0.15) is 0 Å². The van der Waals surface area contributed by atoms with E-state index in [0.29, 0.717) is 18.1 Å². The van der Waals surface area contributed by atoms with E-state index in [4.69, 9.17) is 22.9 Å². The number of hydrogen-bond acceptors (Lipinski definition) is 7. The van der Waals surface area contributed by atoms with E-state index in [2.05, 4.69) is 43.2 Å². The van der Waals surface area contributed by atoms with Gasteiger partial charge in [-0.3, -0.25) is 0 Å². The first-order valence-electron chi connectivity index (χ1n) is 15.9. The van der Waals surface area contributed by atoms with Crippen molar-refractivity contribution in [2.24, 2.45) is 22.9 Å². The minimum atomic E-state index is 0.260. The summed E-state index contributed by atoms with van der Waals surface area (Å²) in [5.41, 5.74) is 23.8. The van der Waals surface area contributed by atoms with Crippen LogP contribution in [0.3, 0.4) is 0 Å². The van der Waals surface area contributed by atoms with Crippen molar-refractivity contribution in [3.8, 4) is 0 Å². The Bertz CT molecular complexity index is 457. The van der Waals surface area contributed by atoms with E-state index in [0.717, 1.165) is 58.4 Å². The maximum atomic E-state index is 6.05. The third kappa shape index (κ3) is 28.5. The van der Waals surface area contributed by atoms with Gasteiger partial charge in [0.2, 0.25) is 0 Å². The molecule has 5 atom stereocenters. The largest absolute Gasteiger partial charge is 0.328 e. The average Bonchev–Trinajstić information content (AvgIpc) is 2.82. The highest BCUT2D eigenvalue weighted by molar-refractivity contribution is 4.72. The smallest absolute Gasteiger partial charge is 0.0192 e. The normalized spacial score (nSPS) is 16.1. The SMILES string of the molecule is CC(N)CCCCCCCN(CCCNCC(CCCCCCC(C)N)NCCC(C)N)CCC(C)N. The van der Waals surface area contributed by atoms with Crippen molar-refractivity contribution in [3.05, 3.63) is 0 Å². The maximum Gasteiger partial charge on any atom is 0.0192 e. The van der Waals surface area contributed by atoms with E-state index >= 15 is 0 Å². The molecule has 0 aromatic heterocycles. The predicted molar refractivity (Wildman–Crippen MR) is 165 cm³/mol. The highest BCUT2D eigenvalue weighted by Gasteiger charge is 2.10. The molecule has 0 radical (unpaired) electrons.